The lowest BCUT2D eigenvalue weighted by Crippen LogP contribution is -2.09. The van der Waals surface area contributed by atoms with E-state index in [2.05, 4.69) is 28.6 Å². The first kappa shape index (κ1) is 15.5. The van der Waals surface area contributed by atoms with Crippen LogP contribution in [0.4, 0.5) is 0 Å². The molecule has 0 fully saturated rings. The van der Waals surface area contributed by atoms with Crippen molar-refractivity contribution in [3.05, 3.63) is 5.82 Å². The molecular weight excluding hydrogens is 248 g/mol. The van der Waals surface area contributed by atoms with Gasteiger partial charge in [-0.05, 0) is 12.8 Å². The van der Waals surface area contributed by atoms with Crippen LogP contribution in [-0.4, -0.2) is 33.7 Å². The number of nitrogens with two attached hydrogens (primary N) is 1. The normalized spacial score (nSPS) is 11.1. The minimum Gasteiger partial charge on any atom is -0.381 e. The minimum absolute atomic E-state index is 0.445. The first-order valence-corrected chi connectivity index (χ1v) is 7.64. The van der Waals surface area contributed by atoms with Gasteiger partial charge in [0, 0.05) is 18.9 Å². The Balaban J connectivity index is 2.34. The van der Waals surface area contributed by atoms with Crippen LogP contribution in [0.5, 0.6) is 0 Å². The quantitative estimate of drug-likeness (QED) is 0.521. The van der Waals surface area contributed by atoms with Gasteiger partial charge in [-0.3, -0.25) is 0 Å². The molecule has 0 saturated heterocycles. The van der Waals surface area contributed by atoms with Gasteiger partial charge in [-0.2, -0.15) is 0 Å². The van der Waals surface area contributed by atoms with Gasteiger partial charge in [0.2, 0.25) is 0 Å². The standard InChI is InChI=1S/C12H24N4OS/c1-3-5-7-17-8-9-18-12-15-14-11(10-13)16(12)6-4-2/h3-10,13H2,1-2H3. The van der Waals surface area contributed by atoms with Gasteiger partial charge in [-0.25, -0.2) is 0 Å². The Labute approximate surface area is 113 Å². The summed E-state index contributed by atoms with van der Waals surface area (Å²) in [6.07, 6.45) is 3.37. The van der Waals surface area contributed by atoms with Crippen molar-refractivity contribution in [3.8, 4) is 0 Å². The van der Waals surface area contributed by atoms with Gasteiger partial charge < -0.3 is 15.0 Å². The van der Waals surface area contributed by atoms with E-state index in [1.807, 2.05) is 0 Å². The summed E-state index contributed by atoms with van der Waals surface area (Å²) in [6.45, 7) is 7.30. The van der Waals surface area contributed by atoms with Crippen molar-refractivity contribution in [2.45, 2.75) is 51.4 Å². The van der Waals surface area contributed by atoms with E-state index < -0.39 is 0 Å². The molecule has 1 aromatic heterocycles. The fourth-order valence-corrected chi connectivity index (χ4v) is 2.40. The summed E-state index contributed by atoms with van der Waals surface area (Å²) in [5.41, 5.74) is 5.65. The number of hydrogen-bond acceptors (Lipinski definition) is 5. The third-order valence-corrected chi connectivity index (χ3v) is 3.46. The fraction of sp³-hybridized carbons (Fsp3) is 0.833. The van der Waals surface area contributed by atoms with E-state index in [9.17, 15) is 0 Å². The zero-order valence-corrected chi connectivity index (χ0v) is 12.2. The molecule has 0 amide bonds. The molecule has 1 rings (SSSR count). The summed E-state index contributed by atoms with van der Waals surface area (Å²) in [6, 6.07) is 0. The third-order valence-electron chi connectivity index (χ3n) is 2.52. The van der Waals surface area contributed by atoms with Crippen molar-refractivity contribution in [1.29, 1.82) is 0 Å². The predicted octanol–water partition coefficient (Wildman–Crippen LogP) is 2.06. The maximum Gasteiger partial charge on any atom is 0.191 e. The summed E-state index contributed by atoms with van der Waals surface area (Å²) in [5.74, 6) is 1.78. The maximum atomic E-state index is 5.65. The van der Waals surface area contributed by atoms with Crippen molar-refractivity contribution in [2.75, 3.05) is 19.0 Å². The van der Waals surface area contributed by atoms with Crippen LogP contribution in [0.25, 0.3) is 0 Å². The van der Waals surface area contributed by atoms with Gasteiger partial charge in [-0.1, -0.05) is 32.0 Å². The van der Waals surface area contributed by atoms with Crippen LogP contribution < -0.4 is 5.73 Å². The van der Waals surface area contributed by atoms with Crippen molar-refractivity contribution in [2.24, 2.45) is 5.73 Å². The van der Waals surface area contributed by atoms with Gasteiger partial charge in [-0.15, -0.1) is 10.2 Å². The molecule has 0 bridgehead atoms. The van der Waals surface area contributed by atoms with Gasteiger partial charge in [0.25, 0.3) is 0 Å². The Morgan fingerprint density at radius 3 is 2.72 bits per heavy atom. The Hall–Kier alpha value is -0.590. The Kier molecular flexibility index (Phi) is 8.04. The van der Waals surface area contributed by atoms with Crippen LogP contribution in [0.1, 0.15) is 38.9 Å². The molecule has 104 valence electrons. The largest absolute Gasteiger partial charge is 0.381 e. The van der Waals surface area contributed by atoms with Gasteiger partial charge in [0.15, 0.2) is 5.16 Å². The summed E-state index contributed by atoms with van der Waals surface area (Å²) in [5, 5.41) is 9.24. The topological polar surface area (TPSA) is 66.0 Å². The van der Waals surface area contributed by atoms with E-state index in [4.69, 9.17) is 10.5 Å². The second kappa shape index (κ2) is 9.35. The number of thioether (sulfide) groups is 1. The van der Waals surface area contributed by atoms with E-state index in [0.29, 0.717) is 6.54 Å². The number of rotatable bonds is 10. The zero-order valence-electron chi connectivity index (χ0n) is 11.4. The molecule has 0 atom stereocenters. The number of unbranched alkanes of at least 4 members (excludes halogenated alkanes) is 1. The number of hydrogen-bond donors (Lipinski definition) is 1. The second-order valence-electron chi connectivity index (χ2n) is 4.07. The van der Waals surface area contributed by atoms with Gasteiger partial charge >= 0.3 is 0 Å². The minimum atomic E-state index is 0.445. The smallest absolute Gasteiger partial charge is 0.191 e. The van der Waals surface area contributed by atoms with Crippen LogP contribution in [0.3, 0.4) is 0 Å². The molecule has 0 aromatic carbocycles. The van der Waals surface area contributed by atoms with Crippen LogP contribution in [0.2, 0.25) is 0 Å². The summed E-state index contributed by atoms with van der Waals surface area (Å²) in [7, 11) is 0. The highest BCUT2D eigenvalue weighted by molar-refractivity contribution is 7.99. The lowest BCUT2D eigenvalue weighted by Gasteiger charge is -2.07. The fourth-order valence-electron chi connectivity index (χ4n) is 1.57. The maximum absolute atomic E-state index is 5.65. The van der Waals surface area contributed by atoms with Gasteiger partial charge in [0.1, 0.15) is 5.82 Å². The SMILES string of the molecule is CCCCOCCSc1nnc(CN)n1CCC. The van der Waals surface area contributed by atoms with Crippen LogP contribution in [0, 0.1) is 0 Å². The Morgan fingerprint density at radius 2 is 2.06 bits per heavy atom. The van der Waals surface area contributed by atoms with Crippen molar-refractivity contribution in [1.82, 2.24) is 14.8 Å². The molecule has 2 N–H and O–H groups in total. The summed E-state index contributed by atoms with van der Waals surface area (Å²) < 4.78 is 7.63. The number of nitrogens with zero attached hydrogens (tertiary/aromatic N) is 3. The molecule has 0 aliphatic heterocycles. The van der Waals surface area contributed by atoms with E-state index >= 15 is 0 Å². The second-order valence-corrected chi connectivity index (χ2v) is 5.13. The third kappa shape index (κ3) is 4.96. The molecule has 0 radical (unpaired) electrons. The molecule has 6 heteroatoms. The monoisotopic (exact) mass is 272 g/mol. The molecule has 0 spiro atoms. The van der Waals surface area contributed by atoms with Crippen LogP contribution in [-0.2, 0) is 17.8 Å². The number of ether oxygens (including phenoxy) is 1. The van der Waals surface area contributed by atoms with Crippen molar-refractivity contribution >= 4 is 11.8 Å². The highest BCUT2D eigenvalue weighted by Crippen LogP contribution is 2.17. The lowest BCUT2D eigenvalue weighted by atomic mass is 10.4. The number of aromatic nitrogens is 3. The highest BCUT2D eigenvalue weighted by Gasteiger charge is 2.10. The lowest BCUT2D eigenvalue weighted by molar-refractivity contribution is 0.147. The predicted molar refractivity (Wildman–Crippen MR) is 74.7 cm³/mol. The first-order valence-electron chi connectivity index (χ1n) is 6.66. The Morgan fingerprint density at radius 1 is 1.22 bits per heavy atom. The zero-order chi connectivity index (χ0) is 13.2. The molecular formula is C12H24N4OS. The molecule has 0 aliphatic rings. The van der Waals surface area contributed by atoms with Crippen LogP contribution >= 0.6 is 11.8 Å². The Bertz CT molecular complexity index is 330. The molecule has 1 heterocycles. The molecule has 0 saturated carbocycles. The average Bonchev–Trinajstić information content (AvgIpc) is 2.77. The first-order chi connectivity index (χ1) is 8.83. The van der Waals surface area contributed by atoms with E-state index in [0.717, 1.165) is 49.3 Å². The summed E-state index contributed by atoms with van der Waals surface area (Å²) >= 11 is 1.69. The molecule has 18 heavy (non-hydrogen) atoms. The molecule has 0 aliphatic carbocycles. The molecule has 1 aromatic rings. The average molecular weight is 272 g/mol. The molecule has 5 nitrogen and oxygen atoms in total. The van der Waals surface area contributed by atoms with Crippen molar-refractivity contribution < 1.29 is 4.74 Å². The van der Waals surface area contributed by atoms with Crippen molar-refractivity contribution in [3.63, 3.8) is 0 Å². The molecule has 0 unspecified atom stereocenters. The summed E-state index contributed by atoms with van der Waals surface area (Å²) in [4.78, 5) is 0. The van der Waals surface area contributed by atoms with E-state index in [1.54, 1.807) is 11.8 Å². The van der Waals surface area contributed by atoms with Gasteiger partial charge in [0.05, 0.1) is 13.2 Å². The van der Waals surface area contributed by atoms with Crippen LogP contribution in [0.15, 0.2) is 5.16 Å². The van der Waals surface area contributed by atoms with E-state index in [1.165, 1.54) is 6.42 Å². The highest BCUT2D eigenvalue weighted by atomic mass is 32.2. The van der Waals surface area contributed by atoms with E-state index in [-0.39, 0.29) is 0 Å².